The Balaban J connectivity index is 2.31. The molecule has 1 amide bonds. The van der Waals surface area contributed by atoms with Crippen LogP contribution in [0.15, 0.2) is 48.0 Å². The first-order valence-corrected chi connectivity index (χ1v) is 7.30. The SMILES string of the molecule is COc1cccc(/C=C(\C#N)C(=O)Nc2ccc(C)cc2)c1OC. The molecule has 5 heteroatoms. The van der Waals surface area contributed by atoms with E-state index in [1.54, 1.807) is 30.3 Å². The number of hydrogen-bond donors (Lipinski definition) is 1. The summed E-state index contributed by atoms with van der Waals surface area (Å²) < 4.78 is 10.5. The number of aryl methyl sites for hydroxylation is 1. The second kappa shape index (κ2) is 7.84. The van der Waals surface area contributed by atoms with Crippen molar-refractivity contribution in [1.29, 1.82) is 5.26 Å². The van der Waals surface area contributed by atoms with E-state index in [1.165, 1.54) is 20.3 Å². The van der Waals surface area contributed by atoms with Crippen molar-refractivity contribution in [2.45, 2.75) is 6.92 Å². The molecule has 0 unspecified atom stereocenters. The van der Waals surface area contributed by atoms with Crippen LogP contribution in [-0.2, 0) is 4.79 Å². The van der Waals surface area contributed by atoms with Crippen molar-refractivity contribution in [3.8, 4) is 17.6 Å². The lowest BCUT2D eigenvalue weighted by Gasteiger charge is -2.10. The molecule has 5 nitrogen and oxygen atoms in total. The van der Waals surface area contributed by atoms with Gasteiger partial charge in [-0.15, -0.1) is 0 Å². The molecule has 0 spiro atoms. The van der Waals surface area contributed by atoms with Crippen molar-refractivity contribution in [3.63, 3.8) is 0 Å². The fourth-order valence-electron chi connectivity index (χ4n) is 2.17. The minimum Gasteiger partial charge on any atom is -0.493 e. The van der Waals surface area contributed by atoms with Crippen molar-refractivity contribution in [2.75, 3.05) is 19.5 Å². The third-order valence-corrected chi connectivity index (χ3v) is 3.41. The van der Waals surface area contributed by atoms with E-state index < -0.39 is 5.91 Å². The highest BCUT2D eigenvalue weighted by molar-refractivity contribution is 6.09. The summed E-state index contributed by atoms with van der Waals surface area (Å²) in [5.74, 6) is 0.518. The van der Waals surface area contributed by atoms with Crippen LogP contribution in [0, 0.1) is 18.3 Å². The van der Waals surface area contributed by atoms with Gasteiger partial charge in [0.15, 0.2) is 11.5 Å². The number of nitriles is 1. The smallest absolute Gasteiger partial charge is 0.266 e. The van der Waals surface area contributed by atoms with E-state index in [0.29, 0.717) is 22.7 Å². The van der Waals surface area contributed by atoms with Gasteiger partial charge in [-0.3, -0.25) is 4.79 Å². The molecular weight excluding hydrogens is 304 g/mol. The monoisotopic (exact) mass is 322 g/mol. The second-order valence-corrected chi connectivity index (χ2v) is 5.07. The molecule has 122 valence electrons. The minimum absolute atomic E-state index is 0.0258. The summed E-state index contributed by atoms with van der Waals surface area (Å²) in [4.78, 5) is 12.3. The van der Waals surface area contributed by atoms with Crippen LogP contribution < -0.4 is 14.8 Å². The summed E-state index contributed by atoms with van der Waals surface area (Å²) >= 11 is 0. The van der Waals surface area contributed by atoms with Crippen LogP contribution in [0.1, 0.15) is 11.1 Å². The second-order valence-electron chi connectivity index (χ2n) is 5.07. The Morgan fingerprint density at radius 2 is 1.83 bits per heavy atom. The molecule has 1 N–H and O–H groups in total. The molecule has 0 saturated carbocycles. The zero-order valence-electron chi connectivity index (χ0n) is 13.8. The first kappa shape index (κ1) is 17.1. The molecule has 0 fully saturated rings. The number of para-hydroxylation sites is 1. The normalized spacial score (nSPS) is 10.7. The lowest BCUT2D eigenvalue weighted by molar-refractivity contribution is -0.112. The molecule has 0 bridgehead atoms. The van der Waals surface area contributed by atoms with E-state index in [0.717, 1.165) is 5.56 Å². The summed E-state index contributed by atoms with van der Waals surface area (Å²) in [6, 6.07) is 14.5. The van der Waals surface area contributed by atoms with Gasteiger partial charge < -0.3 is 14.8 Å². The molecule has 0 atom stereocenters. The third kappa shape index (κ3) is 3.93. The molecule has 24 heavy (non-hydrogen) atoms. The van der Waals surface area contributed by atoms with E-state index >= 15 is 0 Å². The van der Waals surface area contributed by atoms with E-state index in [1.807, 2.05) is 25.1 Å². The molecule has 0 aliphatic rings. The number of carbonyl (C=O) groups excluding carboxylic acids is 1. The fraction of sp³-hybridized carbons (Fsp3) is 0.158. The zero-order chi connectivity index (χ0) is 17.5. The van der Waals surface area contributed by atoms with Crippen LogP contribution in [0.25, 0.3) is 6.08 Å². The number of hydrogen-bond acceptors (Lipinski definition) is 4. The first-order chi connectivity index (χ1) is 11.6. The molecule has 0 aliphatic heterocycles. The van der Waals surface area contributed by atoms with Gasteiger partial charge in [-0.2, -0.15) is 5.26 Å². The lowest BCUT2D eigenvalue weighted by atomic mass is 10.1. The Morgan fingerprint density at radius 3 is 2.42 bits per heavy atom. The predicted molar refractivity (Wildman–Crippen MR) is 92.9 cm³/mol. The zero-order valence-corrected chi connectivity index (χ0v) is 13.8. The summed E-state index contributed by atoms with van der Waals surface area (Å²) in [6.45, 7) is 1.96. The molecule has 2 rings (SSSR count). The van der Waals surface area contributed by atoms with Gasteiger partial charge in [0, 0.05) is 11.3 Å². The number of methoxy groups -OCH3 is 2. The van der Waals surface area contributed by atoms with Crippen molar-refractivity contribution in [2.24, 2.45) is 0 Å². The largest absolute Gasteiger partial charge is 0.493 e. The van der Waals surface area contributed by atoms with Crippen molar-refractivity contribution >= 4 is 17.7 Å². The van der Waals surface area contributed by atoms with E-state index in [9.17, 15) is 10.1 Å². The fourth-order valence-corrected chi connectivity index (χ4v) is 2.17. The number of amides is 1. The van der Waals surface area contributed by atoms with Crippen molar-refractivity contribution in [1.82, 2.24) is 0 Å². The number of nitrogens with one attached hydrogen (secondary N) is 1. The van der Waals surface area contributed by atoms with Crippen LogP contribution in [0.3, 0.4) is 0 Å². The Hall–Kier alpha value is -3.26. The maximum Gasteiger partial charge on any atom is 0.266 e. The molecule has 0 radical (unpaired) electrons. The maximum atomic E-state index is 12.3. The molecular formula is C19H18N2O3. The predicted octanol–water partition coefficient (Wildman–Crippen LogP) is 3.56. The van der Waals surface area contributed by atoms with Gasteiger partial charge in [-0.05, 0) is 31.2 Å². The van der Waals surface area contributed by atoms with Crippen LogP contribution in [-0.4, -0.2) is 20.1 Å². The number of carbonyl (C=O) groups is 1. The average Bonchev–Trinajstić information content (AvgIpc) is 2.60. The molecule has 2 aromatic carbocycles. The van der Waals surface area contributed by atoms with Crippen LogP contribution >= 0.6 is 0 Å². The average molecular weight is 322 g/mol. The van der Waals surface area contributed by atoms with Gasteiger partial charge in [0.25, 0.3) is 5.91 Å². The minimum atomic E-state index is -0.480. The van der Waals surface area contributed by atoms with Crippen LogP contribution in [0.5, 0.6) is 11.5 Å². The van der Waals surface area contributed by atoms with Crippen LogP contribution in [0.2, 0.25) is 0 Å². The third-order valence-electron chi connectivity index (χ3n) is 3.41. The quantitative estimate of drug-likeness (QED) is 0.675. The van der Waals surface area contributed by atoms with Gasteiger partial charge in [0.05, 0.1) is 14.2 Å². The number of benzene rings is 2. The van der Waals surface area contributed by atoms with Crippen molar-refractivity contribution in [3.05, 3.63) is 59.2 Å². The Morgan fingerprint density at radius 1 is 1.12 bits per heavy atom. The molecule has 0 saturated heterocycles. The standard InChI is InChI=1S/C19H18N2O3/c1-13-7-9-16(10-8-13)21-19(22)15(12-20)11-14-5-4-6-17(23-2)18(14)24-3/h4-11H,1-3H3,(H,21,22)/b15-11+. The van der Waals surface area contributed by atoms with Crippen molar-refractivity contribution < 1.29 is 14.3 Å². The summed E-state index contributed by atoms with van der Waals surface area (Å²) in [5.41, 5.74) is 2.28. The highest BCUT2D eigenvalue weighted by atomic mass is 16.5. The molecule has 0 heterocycles. The number of nitrogens with zero attached hydrogens (tertiary/aromatic N) is 1. The Labute approximate surface area is 141 Å². The van der Waals surface area contributed by atoms with E-state index in [4.69, 9.17) is 9.47 Å². The molecule has 2 aromatic rings. The summed E-state index contributed by atoms with van der Waals surface area (Å²) in [6.07, 6.45) is 1.48. The summed E-state index contributed by atoms with van der Waals surface area (Å²) in [5, 5.41) is 12.0. The topological polar surface area (TPSA) is 71.3 Å². The van der Waals surface area contributed by atoms with Gasteiger partial charge >= 0.3 is 0 Å². The summed E-state index contributed by atoms with van der Waals surface area (Å²) in [7, 11) is 3.04. The van der Waals surface area contributed by atoms with Crippen LogP contribution in [0.4, 0.5) is 5.69 Å². The number of anilines is 1. The Bertz CT molecular complexity index is 802. The molecule has 0 aliphatic carbocycles. The van der Waals surface area contributed by atoms with Gasteiger partial charge in [0.2, 0.25) is 0 Å². The molecule has 0 aromatic heterocycles. The van der Waals surface area contributed by atoms with Gasteiger partial charge in [-0.1, -0.05) is 29.8 Å². The first-order valence-electron chi connectivity index (χ1n) is 7.30. The maximum absolute atomic E-state index is 12.3. The lowest BCUT2D eigenvalue weighted by Crippen LogP contribution is -2.13. The highest BCUT2D eigenvalue weighted by Crippen LogP contribution is 2.32. The van der Waals surface area contributed by atoms with Gasteiger partial charge in [-0.25, -0.2) is 0 Å². The highest BCUT2D eigenvalue weighted by Gasteiger charge is 2.13. The Kier molecular flexibility index (Phi) is 5.58. The number of rotatable bonds is 5. The van der Waals surface area contributed by atoms with E-state index in [2.05, 4.69) is 5.32 Å². The van der Waals surface area contributed by atoms with Gasteiger partial charge in [0.1, 0.15) is 11.6 Å². The van der Waals surface area contributed by atoms with E-state index in [-0.39, 0.29) is 5.57 Å². The number of ether oxygens (including phenoxy) is 2.